The van der Waals surface area contributed by atoms with Gasteiger partial charge in [-0.15, -0.1) is 0 Å². The topological polar surface area (TPSA) is 164 Å². The number of ether oxygens (including phenoxy) is 2. The number of fused-ring (bicyclic) bond motifs is 1. The van der Waals surface area contributed by atoms with Gasteiger partial charge in [-0.3, -0.25) is 14.2 Å². The summed E-state index contributed by atoms with van der Waals surface area (Å²) in [6.07, 6.45) is 3.43. The number of aromatic nitrogens is 2. The first-order valence-corrected chi connectivity index (χ1v) is 19.2. The molecule has 3 heterocycles. The lowest BCUT2D eigenvalue weighted by atomic mass is 9.98. The minimum absolute atomic E-state index is 0.0161. The van der Waals surface area contributed by atoms with Gasteiger partial charge in [0.1, 0.15) is 0 Å². The first-order chi connectivity index (χ1) is 26.8. The molecule has 7 rings (SSSR count). The first-order valence-electron chi connectivity index (χ1n) is 19.2. The van der Waals surface area contributed by atoms with Crippen LogP contribution in [-0.4, -0.2) is 57.1 Å². The molecular formula is C43H50N6O6. The summed E-state index contributed by atoms with van der Waals surface area (Å²) in [7, 11) is 0. The number of nitrogens with one attached hydrogen (secondary N) is 3. The summed E-state index contributed by atoms with van der Waals surface area (Å²) in [5.41, 5.74) is 12.5. The molecule has 1 aromatic heterocycles. The maximum Gasteiger partial charge on any atom is 0.326 e. The summed E-state index contributed by atoms with van der Waals surface area (Å²) in [5, 5.41) is 15.4. The highest BCUT2D eigenvalue weighted by molar-refractivity contribution is 5.93. The van der Waals surface area contributed by atoms with E-state index in [1.807, 2.05) is 89.5 Å². The van der Waals surface area contributed by atoms with E-state index in [9.17, 15) is 19.5 Å². The molecule has 0 aliphatic carbocycles. The molecule has 12 heteroatoms. The van der Waals surface area contributed by atoms with Gasteiger partial charge in [-0.05, 0) is 66.6 Å². The van der Waals surface area contributed by atoms with E-state index < -0.39 is 6.29 Å². The fourth-order valence-corrected chi connectivity index (χ4v) is 7.59. The zero-order chi connectivity index (χ0) is 38.1. The highest BCUT2D eigenvalue weighted by atomic mass is 16.7. The largest absolute Gasteiger partial charge is 0.397 e. The number of nitrogen functional groups attached to an aromatic ring is 1. The van der Waals surface area contributed by atoms with Crippen LogP contribution in [0.2, 0.25) is 0 Å². The van der Waals surface area contributed by atoms with E-state index in [0.29, 0.717) is 50.0 Å². The van der Waals surface area contributed by atoms with E-state index in [1.165, 1.54) is 0 Å². The Bertz CT molecular complexity index is 2100. The van der Waals surface area contributed by atoms with Crippen molar-refractivity contribution in [2.24, 2.45) is 0 Å². The van der Waals surface area contributed by atoms with Crippen LogP contribution in [0.3, 0.4) is 0 Å². The summed E-state index contributed by atoms with van der Waals surface area (Å²) in [4.78, 5) is 43.1. The van der Waals surface area contributed by atoms with Crippen molar-refractivity contribution in [2.75, 3.05) is 30.7 Å². The smallest absolute Gasteiger partial charge is 0.326 e. The number of piperidine rings is 1. The molecule has 0 unspecified atom stereocenters. The Hall–Kier alpha value is -5.27. The Morgan fingerprint density at radius 1 is 0.818 bits per heavy atom. The third kappa shape index (κ3) is 9.70. The maximum absolute atomic E-state index is 12.8. The lowest BCUT2D eigenvalue weighted by Crippen LogP contribution is -2.43. The molecular weight excluding hydrogens is 697 g/mol. The number of aromatic amines is 1. The zero-order valence-corrected chi connectivity index (χ0v) is 31.0. The van der Waals surface area contributed by atoms with Crippen molar-refractivity contribution in [1.29, 1.82) is 0 Å². The Balaban J connectivity index is 0.916. The predicted molar refractivity (Wildman–Crippen MR) is 212 cm³/mol. The second kappa shape index (κ2) is 17.9. The van der Waals surface area contributed by atoms with Gasteiger partial charge < -0.3 is 40.8 Å². The van der Waals surface area contributed by atoms with E-state index in [-0.39, 0.29) is 42.4 Å². The number of para-hydroxylation sites is 4. The summed E-state index contributed by atoms with van der Waals surface area (Å²) in [6.45, 7) is 2.84. The molecule has 0 radical (unpaired) electrons. The Morgan fingerprint density at radius 2 is 1.49 bits per heavy atom. The molecule has 2 amide bonds. The number of nitrogens with two attached hydrogens (primary N) is 1. The molecule has 0 spiro atoms. The van der Waals surface area contributed by atoms with Crippen LogP contribution in [0.4, 0.5) is 11.4 Å². The fourth-order valence-electron chi connectivity index (χ4n) is 7.59. The number of rotatable bonds is 14. The van der Waals surface area contributed by atoms with Crippen molar-refractivity contribution < 1.29 is 24.2 Å². The average molecular weight is 747 g/mol. The van der Waals surface area contributed by atoms with E-state index >= 15 is 0 Å². The molecule has 3 atom stereocenters. The summed E-state index contributed by atoms with van der Waals surface area (Å²) in [5.74, 6) is -0.186. The second-order valence-electron chi connectivity index (χ2n) is 14.6. The van der Waals surface area contributed by atoms with Crippen LogP contribution in [0.1, 0.15) is 85.6 Å². The van der Waals surface area contributed by atoms with Gasteiger partial charge in [0.2, 0.25) is 11.8 Å². The molecule has 2 aliphatic rings. The van der Waals surface area contributed by atoms with Crippen LogP contribution in [0.15, 0.2) is 102 Å². The summed E-state index contributed by atoms with van der Waals surface area (Å²) < 4.78 is 15.1. The van der Waals surface area contributed by atoms with Gasteiger partial charge in [0.25, 0.3) is 0 Å². The normalized spacial score (nSPS) is 19.3. The number of hydrogen-bond donors (Lipinski definition) is 5. The van der Waals surface area contributed by atoms with Crippen molar-refractivity contribution in [2.45, 2.75) is 82.6 Å². The number of benzene rings is 4. The minimum Gasteiger partial charge on any atom is -0.397 e. The number of nitrogens with zero attached hydrogens (tertiary/aromatic N) is 2. The highest BCUT2D eigenvalue weighted by Gasteiger charge is 2.34. The lowest BCUT2D eigenvalue weighted by Gasteiger charge is -2.40. The maximum atomic E-state index is 12.8. The standard InChI is InChI=1S/C43H50N6O6/c44-35-7-1-2-8-36(35)46-41(52)12-6-5-11-40(51)45-26-29-13-19-32(20-14-29)42-54-34(25-39(55-42)31-17-15-30(28-50)16-18-31)27-48-23-21-33(22-24-48)49-38-10-4-3-9-37(38)47-43(49)53/h1-4,7-10,13-20,33-34,39,42,50H,5-6,11-12,21-28,44H2,(H,45,51)(H,46,52)(H,47,53)/t34-,39+,42+/m0/s1. The van der Waals surface area contributed by atoms with Crippen LogP contribution < -0.4 is 22.1 Å². The number of aliphatic hydroxyl groups excluding tert-OH is 1. The molecule has 2 fully saturated rings. The number of imidazole rings is 1. The van der Waals surface area contributed by atoms with E-state index in [0.717, 1.165) is 65.8 Å². The Morgan fingerprint density at radius 3 is 2.24 bits per heavy atom. The van der Waals surface area contributed by atoms with Crippen LogP contribution >= 0.6 is 0 Å². The third-order valence-corrected chi connectivity index (χ3v) is 10.7. The zero-order valence-electron chi connectivity index (χ0n) is 31.0. The quantitative estimate of drug-likeness (QED) is 0.0672. The molecule has 55 heavy (non-hydrogen) atoms. The number of carbonyl (C=O) groups is 2. The molecule has 288 valence electrons. The number of unbranched alkanes of at least 4 members (excludes halogenated alkanes) is 1. The highest BCUT2D eigenvalue weighted by Crippen LogP contribution is 2.39. The summed E-state index contributed by atoms with van der Waals surface area (Å²) in [6, 6.07) is 31.0. The van der Waals surface area contributed by atoms with Gasteiger partial charge in [-0.25, -0.2) is 4.79 Å². The van der Waals surface area contributed by atoms with Crippen LogP contribution in [0, 0.1) is 0 Å². The molecule has 2 saturated heterocycles. The van der Waals surface area contributed by atoms with Crippen LogP contribution in [0.5, 0.6) is 0 Å². The van der Waals surface area contributed by atoms with E-state index in [2.05, 4.69) is 20.5 Å². The molecule has 5 aromatic rings. The number of carbonyl (C=O) groups excluding carboxylic acids is 2. The molecule has 6 N–H and O–H groups in total. The fraction of sp³-hybridized carbons (Fsp3) is 0.372. The Labute approximate surface area is 320 Å². The number of likely N-dealkylation sites (tertiary alicyclic amines) is 1. The molecule has 4 aromatic carbocycles. The third-order valence-electron chi connectivity index (χ3n) is 10.7. The number of H-pyrrole nitrogens is 1. The number of hydrogen-bond acceptors (Lipinski definition) is 8. The van der Waals surface area contributed by atoms with E-state index in [1.54, 1.807) is 12.1 Å². The molecule has 0 saturated carbocycles. The van der Waals surface area contributed by atoms with Crippen molar-refractivity contribution in [3.8, 4) is 0 Å². The van der Waals surface area contributed by atoms with Gasteiger partial charge in [0, 0.05) is 57.0 Å². The van der Waals surface area contributed by atoms with Crippen molar-refractivity contribution >= 4 is 34.2 Å². The van der Waals surface area contributed by atoms with E-state index in [4.69, 9.17) is 15.2 Å². The predicted octanol–water partition coefficient (Wildman–Crippen LogP) is 6.10. The SMILES string of the molecule is Nc1ccccc1NC(=O)CCCCC(=O)NCc1ccc([C@@H]2O[C@H](CN3CCC(n4c(=O)[nH]c5ccccc54)CC3)C[C@H](c3ccc(CO)cc3)O2)cc1. The number of anilines is 2. The van der Waals surface area contributed by atoms with Gasteiger partial charge in [0.15, 0.2) is 6.29 Å². The van der Waals surface area contributed by atoms with Crippen molar-refractivity contribution in [1.82, 2.24) is 19.8 Å². The van der Waals surface area contributed by atoms with Gasteiger partial charge >= 0.3 is 5.69 Å². The van der Waals surface area contributed by atoms with Crippen LogP contribution in [0.25, 0.3) is 11.0 Å². The monoisotopic (exact) mass is 746 g/mol. The number of aliphatic hydroxyl groups is 1. The lowest BCUT2D eigenvalue weighted by molar-refractivity contribution is -0.253. The molecule has 12 nitrogen and oxygen atoms in total. The molecule has 2 aliphatic heterocycles. The van der Waals surface area contributed by atoms with Crippen molar-refractivity contribution in [3.05, 3.63) is 130 Å². The minimum atomic E-state index is -0.581. The van der Waals surface area contributed by atoms with Crippen molar-refractivity contribution in [3.63, 3.8) is 0 Å². The van der Waals surface area contributed by atoms with Gasteiger partial charge in [-0.2, -0.15) is 0 Å². The number of amides is 2. The van der Waals surface area contributed by atoms with Gasteiger partial charge in [0.05, 0.1) is 41.2 Å². The van der Waals surface area contributed by atoms with Gasteiger partial charge in [-0.1, -0.05) is 72.8 Å². The summed E-state index contributed by atoms with van der Waals surface area (Å²) >= 11 is 0. The Kier molecular flexibility index (Phi) is 12.4. The first kappa shape index (κ1) is 38.0. The second-order valence-corrected chi connectivity index (χ2v) is 14.6. The molecule has 0 bridgehead atoms. The average Bonchev–Trinajstić information content (AvgIpc) is 3.55. The van der Waals surface area contributed by atoms with Crippen LogP contribution in [-0.2, 0) is 32.2 Å².